The van der Waals surface area contributed by atoms with Gasteiger partial charge in [0.15, 0.2) is 0 Å². The smallest absolute Gasteiger partial charge is 0.333 e. The zero-order valence-corrected chi connectivity index (χ0v) is 8.02. The highest BCUT2D eigenvalue weighted by molar-refractivity contribution is 5.86. The van der Waals surface area contributed by atoms with Crippen molar-refractivity contribution in [3.8, 4) is 0 Å². The summed E-state index contributed by atoms with van der Waals surface area (Å²) < 4.78 is 4.75. The van der Waals surface area contributed by atoms with E-state index in [1.165, 1.54) is 13.0 Å². The molecule has 1 N–H and O–H groups in total. The molecule has 0 saturated carbocycles. The Morgan fingerprint density at radius 2 is 2.36 bits per heavy atom. The van der Waals surface area contributed by atoms with Crippen LogP contribution in [0.2, 0.25) is 0 Å². The topological polar surface area (TPSA) is 76.0 Å². The van der Waals surface area contributed by atoms with E-state index in [9.17, 15) is 9.59 Å². The molecule has 1 atom stereocenters. The Morgan fingerprint density at radius 1 is 1.71 bits per heavy atom. The molecule has 1 unspecified atom stereocenters. The van der Waals surface area contributed by atoms with Gasteiger partial charge in [-0.2, -0.15) is 4.99 Å². The number of rotatable bonds is 6. The summed E-state index contributed by atoms with van der Waals surface area (Å²) in [4.78, 5) is 24.2. The molecule has 0 spiro atoms. The number of hydrogen-bond donors (Lipinski definition) is 1. The van der Waals surface area contributed by atoms with Crippen LogP contribution < -0.4 is 0 Å². The Morgan fingerprint density at radius 3 is 2.79 bits per heavy atom. The number of hydrogen-bond acceptors (Lipinski definition) is 5. The van der Waals surface area contributed by atoms with Crippen LogP contribution in [0.3, 0.4) is 0 Å². The van der Waals surface area contributed by atoms with Crippen molar-refractivity contribution < 1.29 is 19.4 Å². The number of aliphatic hydroxyl groups is 1. The molecule has 78 valence electrons. The first kappa shape index (κ1) is 12.6. The minimum absolute atomic E-state index is 0.0402. The first-order valence-corrected chi connectivity index (χ1v) is 4.12. The number of nitrogens with zero attached hydrogens (tertiary/aromatic N) is 1. The molecule has 0 aromatic carbocycles. The molecule has 0 fully saturated rings. The molecular weight excluding hydrogens is 186 g/mol. The molecule has 0 bridgehead atoms. The summed E-state index contributed by atoms with van der Waals surface area (Å²) in [7, 11) is 0. The van der Waals surface area contributed by atoms with Crippen LogP contribution in [0.4, 0.5) is 0 Å². The van der Waals surface area contributed by atoms with Crippen LogP contribution in [0.15, 0.2) is 17.1 Å². The van der Waals surface area contributed by atoms with E-state index in [0.717, 1.165) is 0 Å². The van der Waals surface area contributed by atoms with Crippen molar-refractivity contribution in [2.24, 2.45) is 4.99 Å². The zero-order valence-electron chi connectivity index (χ0n) is 8.02. The molecule has 0 aromatic rings. The van der Waals surface area contributed by atoms with Crippen LogP contribution in [-0.2, 0) is 14.3 Å². The van der Waals surface area contributed by atoms with E-state index < -0.39 is 12.0 Å². The van der Waals surface area contributed by atoms with Gasteiger partial charge < -0.3 is 9.84 Å². The van der Waals surface area contributed by atoms with Gasteiger partial charge in [-0.25, -0.2) is 9.59 Å². The summed E-state index contributed by atoms with van der Waals surface area (Å²) in [5.74, 6) is -0.533. The quantitative estimate of drug-likeness (QED) is 0.287. The third kappa shape index (κ3) is 5.24. The van der Waals surface area contributed by atoms with Crippen LogP contribution in [0.1, 0.15) is 13.3 Å². The third-order valence-corrected chi connectivity index (χ3v) is 1.45. The predicted molar refractivity (Wildman–Crippen MR) is 49.4 cm³/mol. The SMILES string of the molecule is C=C(C)C(=O)OCC(CCO)N=C=O. The highest BCUT2D eigenvalue weighted by atomic mass is 16.5. The van der Waals surface area contributed by atoms with E-state index in [1.807, 2.05) is 0 Å². The first-order chi connectivity index (χ1) is 6.61. The lowest BCUT2D eigenvalue weighted by Gasteiger charge is -2.09. The van der Waals surface area contributed by atoms with Gasteiger partial charge in [-0.1, -0.05) is 6.58 Å². The Kier molecular flexibility index (Phi) is 6.28. The minimum Gasteiger partial charge on any atom is -0.460 e. The Hall–Kier alpha value is -1.45. The van der Waals surface area contributed by atoms with Crippen LogP contribution in [0.5, 0.6) is 0 Å². The lowest BCUT2D eigenvalue weighted by molar-refractivity contribution is -0.139. The second-order valence-corrected chi connectivity index (χ2v) is 2.77. The van der Waals surface area contributed by atoms with Gasteiger partial charge in [-0.3, -0.25) is 0 Å². The number of carbonyl (C=O) groups excluding carboxylic acids is 2. The monoisotopic (exact) mass is 199 g/mol. The summed E-state index contributed by atoms with van der Waals surface area (Å²) in [5, 5.41) is 8.59. The molecule has 0 aliphatic carbocycles. The summed E-state index contributed by atoms with van der Waals surface area (Å²) in [6.45, 7) is 4.75. The van der Waals surface area contributed by atoms with E-state index in [1.54, 1.807) is 0 Å². The van der Waals surface area contributed by atoms with Gasteiger partial charge in [0.05, 0.1) is 6.04 Å². The maximum absolute atomic E-state index is 10.9. The molecule has 0 heterocycles. The molecule has 14 heavy (non-hydrogen) atoms. The highest BCUT2D eigenvalue weighted by Gasteiger charge is 2.10. The predicted octanol–water partition coefficient (Wildman–Crippen LogP) is 0.192. The third-order valence-electron chi connectivity index (χ3n) is 1.45. The van der Waals surface area contributed by atoms with Gasteiger partial charge in [0.2, 0.25) is 6.08 Å². The second-order valence-electron chi connectivity index (χ2n) is 2.77. The summed E-state index contributed by atoms with van der Waals surface area (Å²) in [6.07, 6.45) is 1.62. The Balaban J connectivity index is 3.99. The molecule has 5 heteroatoms. The van der Waals surface area contributed by atoms with E-state index >= 15 is 0 Å². The number of aliphatic imine (C=N–C) groups is 1. The van der Waals surface area contributed by atoms with Gasteiger partial charge >= 0.3 is 5.97 Å². The molecular formula is C9H13NO4. The van der Waals surface area contributed by atoms with E-state index in [4.69, 9.17) is 9.84 Å². The number of esters is 1. The molecule has 5 nitrogen and oxygen atoms in total. The van der Waals surface area contributed by atoms with Gasteiger partial charge in [-0.05, 0) is 13.3 Å². The summed E-state index contributed by atoms with van der Waals surface area (Å²) >= 11 is 0. The van der Waals surface area contributed by atoms with Gasteiger partial charge in [-0.15, -0.1) is 0 Å². The number of ether oxygens (including phenoxy) is 1. The second kappa shape index (κ2) is 7.00. The number of carbonyl (C=O) groups is 1. The summed E-state index contributed by atoms with van der Waals surface area (Å²) in [5.41, 5.74) is 0.280. The van der Waals surface area contributed by atoms with Crippen molar-refractivity contribution >= 4 is 12.0 Å². The summed E-state index contributed by atoms with van der Waals surface area (Å²) in [6, 6.07) is -0.527. The highest BCUT2D eigenvalue weighted by Crippen LogP contribution is 2.00. The van der Waals surface area contributed by atoms with E-state index in [2.05, 4.69) is 11.6 Å². The molecule has 0 aliphatic heterocycles. The van der Waals surface area contributed by atoms with Crippen molar-refractivity contribution in [1.82, 2.24) is 0 Å². The largest absolute Gasteiger partial charge is 0.460 e. The van der Waals surface area contributed by atoms with Crippen LogP contribution in [0.25, 0.3) is 0 Å². The molecule has 0 rings (SSSR count). The first-order valence-electron chi connectivity index (χ1n) is 4.12. The minimum atomic E-state index is -0.533. The fourth-order valence-electron chi connectivity index (χ4n) is 0.704. The molecule has 0 amide bonds. The van der Waals surface area contributed by atoms with E-state index in [-0.39, 0.29) is 25.2 Å². The van der Waals surface area contributed by atoms with Gasteiger partial charge in [0, 0.05) is 12.2 Å². The molecule has 0 aliphatic rings. The lowest BCUT2D eigenvalue weighted by atomic mass is 10.2. The van der Waals surface area contributed by atoms with Crippen molar-refractivity contribution in [1.29, 1.82) is 0 Å². The lowest BCUT2D eigenvalue weighted by Crippen LogP contribution is -2.18. The number of aliphatic hydroxyl groups excluding tert-OH is 1. The average Bonchev–Trinajstić information content (AvgIpc) is 2.14. The fraction of sp³-hybridized carbons (Fsp3) is 0.556. The molecule has 0 saturated heterocycles. The van der Waals surface area contributed by atoms with Crippen molar-refractivity contribution in [3.05, 3.63) is 12.2 Å². The van der Waals surface area contributed by atoms with Gasteiger partial charge in [0.1, 0.15) is 6.61 Å². The maximum Gasteiger partial charge on any atom is 0.333 e. The van der Waals surface area contributed by atoms with E-state index in [0.29, 0.717) is 0 Å². The Bertz CT molecular complexity index is 256. The zero-order chi connectivity index (χ0) is 11.0. The Labute approximate surface area is 82.1 Å². The molecule has 0 aromatic heterocycles. The molecule has 0 radical (unpaired) electrons. The van der Waals surface area contributed by atoms with Crippen LogP contribution in [0, 0.1) is 0 Å². The number of isocyanates is 1. The normalized spacial score (nSPS) is 11.3. The maximum atomic E-state index is 10.9. The van der Waals surface area contributed by atoms with Crippen molar-refractivity contribution in [2.75, 3.05) is 13.2 Å². The van der Waals surface area contributed by atoms with Crippen LogP contribution >= 0.6 is 0 Å². The van der Waals surface area contributed by atoms with Crippen molar-refractivity contribution in [2.45, 2.75) is 19.4 Å². The van der Waals surface area contributed by atoms with Crippen molar-refractivity contribution in [3.63, 3.8) is 0 Å². The standard InChI is InChI=1S/C9H13NO4/c1-7(2)9(13)14-5-8(3-4-11)10-6-12/h8,11H,1,3-5H2,2H3. The van der Waals surface area contributed by atoms with Crippen LogP contribution in [-0.4, -0.2) is 36.4 Å². The van der Waals surface area contributed by atoms with Gasteiger partial charge in [0.25, 0.3) is 0 Å². The average molecular weight is 199 g/mol. The fourth-order valence-corrected chi connectivity index (χ4v) is 0.704.